The molecule has 0 spiro atoms. The van der Waals surface area contributed by atoms with Crippen molar-refractivity contribution in [2.45, 2.75) is 32.3 Å². The van der Waals surface area contributed by atoms with Crippen molar-refractivity contribution in [2.24, 2.45) is 0 Å². The minimum atomic E-state index is -0.597. The van der Waals surface area contributed by atoms with Crippen LogP contribution in [0.25, 0.3) is 21.9 Å². The first-order valence-electron chi connectivity index (χ1n) is 9.71. The van der Waals surface area contributed by atoms with Crippen LogP contribution >= 0.6 is 0 Å². The zero-order valence-corrected chi connectivity index (χ0v) is 16.8. The molecule has 28 heavy (non-hydrogen) atoms. The Bertz CT molecular complexity index is 1040. The summed E-state index contributed by atoms with van der Waals surface area (Å²) in [6.07, 6.45) is 2.07. The third-order valence-corrected chi connectivity index (χ3v) is 5.73. The molecule has 0 bridgehead atoms. The Labute approximate surface area is 165 Å². The number of hydrogen-bond donors (Lipinski definition) is 1. The Kier molecular flexibility index (Phi) is 4.68. The van der Waals surface area contributed by atoms with E-state index in [-0.39, 0.29) is 5.75 Å². The summed E-state index contributed by atoms with van der Waals surface area (Å²) in [5.74, 6) is 1.45. The molecule has 4 heteroatoms. The molecular formula is C24H26O4. The molecule has 1 atom stereocenters. The van der Waals surface area contributed by atoms with Gasteiger partial charge in [0.05, 0.1) is 14.2 Å². The van der Waals surface area contributed by atoms with Gasteiger partial charge in [-0.25, -0.2) is 0 Å². The van der Waals surface area contributed by atoms with E-state index in [1.807, 2.05) is 30.3 Å². The van der Waals surface area contributed by atoms with E-state index in [2.05, 4.69) is 26.0 Å². The maximum Gasteiger partial charge on any atom is 0.161 e. The van der Waals surface area contributed by atoms with Crippen LogP contribution in [0, 0.1) is 0 Å². The number of benzene rings is 3. The highest BCUT2D eigenvalue weighted by Gasteiger charge is 2.41. The molecule has 3 aromatic carbocycles. The third kappa shape index (κ3) is 2.63. The summed E-state index contributed by atoms with van der Waals surface area (Å²) >= 11 is 0. The molecule has 146 valence electrons. The van der Waals surface area contributed by atoms with Crippen LogP contribution in [-0.2, 0) is 10.3 Å². The van der Waals surface area contributed by atoms with E-state index >= 15 is 0 Å². The van der Waals surface area contributed by atoms with Crippen LogP contribution in [0.3, 0.4) is 0 Å². The molecular weight excluding hydrogens is 352 g/mol. The van der Waals surface area contributed by atoms with Gasteiger partial charge in [0, 0.05) is 17.6 Å². The van der Waals surface area contributed by atoms with E-state index in [0.29, 0.717) is 18.1 Å². The molecule has 1 N–H and O–H groups in total. The molecule has 1 aliphatic rings. The summed E-state index contributed by atoms with van der Waals surface area (Å²) in [6.45, 7) is 4.92. The van der Waals surface area contributed by atoms with Gasteiger partial charge in [0.25, 0.3) is 0 Å². The number of methoxy groups -OCH3 is 2. The highest BCUT2D eigenvalue weighted by atomic mass is 16.5. The van der Waals surface area contributed by atoms with Gasteiger partial charge in [-0.2, -0.15) is 0 Å². The van der Waals surface area contributed by atoms with Crippen LogP contribution in [0.4, 0.5) is 0 Å². The number of phenols is 1. The molecule has 0 aliphatic heterocycles. The second-order valence-corrected chi connectivity index (χ2v) is 7.35. The molecule has 0 radical (unpaired) electrons. The lowest BCUT2D eigenvalue weighted by Gasteiger charge is -2.28. The fourth-order valence-electron chi connectivity index (χ4n) is 4.23. The quantitative estimate of drug-likeness (QED) is 0.565. The summed E-state index contributed by atoms with van der Waals surface area (Å²) in [6, 6.07) is 13.9. The molecule has 4 nitrogen and oxygen atoms in total. The van der Waals surface area contributed by atoms with Crippen LogP contribution in [-0.4, -0.2) is 25.9 Å². The molecule has 0 saturated carbocycles. The van der Waals surface area contributed by atoms with Crippen molar-refractivity contribution >= 4 is 10.8 Å². The van der Waals surface area contributed by atoms with Crippen molar-refractivity contribution in [3.8, 4) is 28.4 Å². The number of phenolic OH excluding ortho intramolecular Hbond substituents is 1. The average Bonchev–Trinajstić information content (AvgIpc) is 2.96. The molecule has 1 aliphatic carbocycles. The fraction of sp³-hybridized carbons (Fsp3) is 0.333. The molecule has 1 unspecified atom stereocenters. The van der Waals surface area contributed by atoms with E-state index in [4.69, 9.17) is 14.2 Å². The third-order valence-electron chi connectivity index (χ3n) is 5.73. The van der Waals surface area contributed by atoms with Crippen molar-refractivity contribution in [3.63, 3.8) is 0 Å². The lowest BCUT2D eigenvalue weighted by molar-refractivity contribution is -0.00228. The van der Waals surface area contributed by atoms with E-state index in [9.17, 15) is 5.11 Å². The van der Waals surface area contributed by atoms with Gasteiger partial charge in [-0.05, 0) is 53.6 Å². The maximum atomic E-state index is 10.8. The average molecular weight is 378 g/mol. The largest absolute Gasteiger partial charge is 0.507 e. The highest BCUT2D eigenvalue weighted by molar-refractivity contribution is 6.06. The summed E-state index contributed by atoms with van der Waals surface area (Å²) in [4.78, 5) is 0. The van der Waals surface area contributed by atoms with Crippen LogP contribution in [0.5, 0.6) is 17.2 Å². The van der Waals surface area contributed by atoms with Gasteiger partial charge in [0.1, 0.15) is 11.4 Å². The van der Waals surface area contributed by atoms with Crippen LogP contribution in [0.15, 0.2) is 42.5 Å². The van der Waals surface area contributed by atoms with Crippen LogP contribution in [0.2, 0.25) is 0 Å². The van der Waals surface area contributed by atoms with Gasteiger partial charge >= 0.3 is 0 Å². The van der Waals surface area contributed by atoms with E-state index in [1.54, 1.807) is 14.2 Å². The standard InChI is InChI=1S/C24H26O4/c1-5-6-11-28-24(2)18-10-8-7-9-15(18)23-17-13-22(27-4)21(26-3)12-16(17)20(25)14-19(23)24/h7-10,12-14,25H,5-6,11H2,1-4H3. The van der Waals surface area contributed by atoms with Gasteiger partial charge in [-0.15, -0.1) is 0 Å². The Morgan fingerprint density at radius 2 is 1.61 bits per heavy atom. The van der Waals surface area contributed by atoms with Crippen molar-refractivity contribution in [3.05, 3.63) is 53.6 Å². The van der Waals surface area contributed by atoms with Crippen molar-refractivity contribution < 1.29 is 19.3 Å². The number of unbranched alkanes of at least 4 members (excludes halogenated alkanes) is 1. The van der Waals surface area contributed by atoms with Crippen molar-refractivity contribution in [2.75, 3.05) is 20.8 Å². The summed E-state index contributed by atoms with van der Waals surface area (Å²) in [7, 11) is 3.22. The van der Waals surface area contributed by atoms with Gasteiger partial charge in [-0.1, -0.05) is 37.6 Å². The van der Waals surface area contributed by atoms with E-state index in [0.717, 1.165) is 45.9 Å². The van der Waals surface area contributed by atoms with Crippen LogP contribution in [0.1, 0.15) is 37.8 Å². The van der Waals surface area contributed by atoms with Crippen molar-refractivity contribution in [1.82, 2.24) is 0 Å². The Morgan fingerprint density at radius 1 is 0.929 bits per heavy atom. The number of fused-ring (bicyclic) bond motifs is 5. The zero-order chi connectivity index (χ0) is 19.9. The zero-order valence-electron chi connectivity index (χ0n) is 16.8. The second-order valence-electron chi connectivity index (χ2n) is 7.35. The Hall–Kier alpha value is -2.72. The first-order chi connectivity index (χ1) is 13.5. The van der Waals surface area contributed by atoms with E-state index < -0.39 is 5.60 Å². The number of hydrogen-bond acceptors (Lipinski definition) is 4. The van der Waals surface area contributed by atoms with Gasteiger partial charge < -0.3 is 19.3 Å². The normalized spacial score (nSPS) is 17.4. The minimum Gasteiger partial charge on any atom is -0.507 e. The molecule has 3 aromatic rings. The lowest BCUT2D eigenvalue weighted by atomic mass is 9.91. The monoisotopic (exact) mass is 378 g/mol. The van der Waals surface area contributed by atoms with Crippen LogP contribution < -0.4 is 9.47 Å². The summed E-state index contributed by atoms with van der Waals surface area (Å²) in [5, 5.41) is 12.5. The lowest BCUT2D eigenvalue weighted by Crippen LogP contribution is -2.25. The first kappa shape index (κ1) is 18.6. The maximum absolute atomic E-state index is 10.8. The fourth-order valence-corrected chi connectivity index (χ4v) is 4.23. The molecule has 0 amide bonds. The first-order valence-corrected chi connectivity index (χ1v) is 9.71. The number of ether oxygens (including phenoxy) is 3. The molecule has 0 fully saturated rings. The number of aromatic hydroxyl groups is 1. The smallest absolute Gasteiger partial charge is 0.161 e. The predicted octanol–water partition coefficient (Wildman–Crippen LogP) is 5.62. The SMILES string of the molecule is CCCCOC1(C)c2ccccc2-c2c1cc(O)c1cc(OC)c(OC)cc21. The highest BCUT2D eigenvalue weighted by Crippen LogP contribution is 2.54. The topological polar surface area (TPSA) is 47.9 Å². The Balaban J connectivity index is 2.03. The summed E-state index contributed by atoms with van der Waals surface area (Å²) < 4.78 is 17.4. The number of rotatable bonds is 6. The minimum absolute atomic E-state index is 0.216. The van der Waals surface area contributed by atoms with Gasteiger partial charge in [-0.3, -0.25) is 0 Å². The van der Waals surface area contributed by atoms with Gasteiger partial charge in [0.15, 0.2) is 11.5 Å². The molecule has 0 heterocycles. The molecule has 4 rings (SSSR count). The van der Waals surface area contributed by atoms with E-state index in [1.165, 1.54) is 0 Å². The predicted molar refractivity (Wildman–Crippen MR) is 111 cm³/mol. The molecule has 0 aromatic heterocycles. The Morgan fingerprint density at radius 3 is 2.29 bits per heavy atom. The molecule has 0 saturated heterocycles. The summed E-state index contributed by atoms with van der Waals surface area (Å²) in [5.41, 5.74) is 3.74. The van der Waals surface area contributed by atoms with Crippen molar-refractivity contribution in [1.29, 1.82) is 0 Å². The second kappa shape index (κ2) is 7.02. The van der Waals surface area contributed by atoms with Gasteiger partial charge in [0.2, 0.25) is 0 Å².